The molecule has 0 spiro atoms. The minimum atomic E-state index is -1.14. The predicted molar refractivity (Wildman–Crippen MR) is 141 cm³/mol. The summed E-state index contributed by atoms with van der Waals surface area (Å²) in [6.07, 6.45) is 2.42. The number of nitrogens with one attached hydrogen (secondary N) is 4. The summed E-state index contributed by atoms with van der Waals surface area (Å²) in [7, 11) is 0. The van der Waals surface area contributed by atoms with Crippen molar-refractivity contribution in [1.82, 2.24) is 26.2 Å². The SMILES string of the molecule is CC(C)[C@H](NC(=O)CN=C1N[C@@H](C)[C@@H](C(=O)NC(C)(C)C)N2CCC[C@H]12)C(=O)N[C@H](CCCN)C(=O)O. The van der Waals surface area contributed by atoms with Crippen LogP contribution in [0.5, 0.6) is 0 Å². The van der Waals surface area contributed by atoms with Crippen LogP contribution in [0.1, 0.15) is 67.2 Å². The van der Waals surface area contributed by atoms with E-state index >= 15 is 0 Å². The van der Waals surface area contributed by atoms with Gasteiger partial charge in [0.2, 0.25) is 17.7 Å². The summed E-state index contributed by atoms with van der Waals surface area (Å²) < 4.78 is 0. The third-order valence-corrected chi connectivity index (χ3v) is 6.55. The Bertz CT molecular complexity index is 870. The molecule has 0 unspecified atom stereocenters. The number of carbonyl (C=O) groups is 4. The summed E-state index contributed by atoms with van der Waals surface area (Å²) in [6.45, 7) is 12.2. The fourth-order valence-corrected chi connectivity index (χ4v) is 4.84. The highest BCUT2D eigenvalue weighted by atomic mass is 16.4. The van der Waals surface area contributed by atoms with Gasteiger partial charge in [0.25, 0.3) is 0 Å². The predicted octanol–water partition coefficient (Wildman–Crippen LogP) is -0.427. The van der Waals surface area contributed by atoms with Gasteiger partial charge in [-0.2, -0.15) is 0 Å². The van der Waals surface area contributed by atoms with E-state index in [0.29, 0.717) is 18.8 Å². The van der Waals surface area contributed by atoms with Crippen LogP contribution < -0.4 is 27.0 Å². The quantitative estimate of drug-likeness (QED) is 0.211. The van der Waals surface area contributed by atoms with E-state index < -0.39 is 29.9 Å². The Hall–Kier alpha value is -2.73. The molecular weight excluding hydrogens is 478 g/mol. The van der Waals surface area contributed by atoms with Gasteiger partial charge >= 0.3 is 5.97 Å². The van der Waals surface area contributed by atoms with Crippen LogP contribution in [0.2, 0.25) is 0 Å². The molecule has 37 heavy (non-hydrogen) atoms. The third kappa shape index (κ3) is 8.67. The molecule has 2 aliphatic rings. The number of hydrogen-bond donors (Lipinski definition) is 6. The number of piperazine rings is 1. The first-order chi connectivity index (χ1) is 17.2. The molecular formula is C25H45N7O5. The monoisotopic (exact) mass is 523 g/mol. The van der Waals surface area contributed by atoms with Crippen molar-refractivity contribution < 1.29 is 24.3 Å². The molecule has 0 aliphatic carbocycles. The maximum Gasteiger partial charge on any atom is 0.326 e. The van der Waals surface area contributed by atoms with Crippen LogP contribution in [0.15, 0.2) is 4.99 Å². The molecule has 7 N–H and O–H groups in total. The number of carboxylic acid groups (broad SMARTS) is 1. The summed E-state index contributed by atoms with van der Waals surface area (Å²) in [5.41, 5.74) is 5.12. The highest BCUT2D eigenvalue weighted by Gasteiger charge is 2.45. The van der Waals surface area contributed by atoms with E-state index in [1.54, 1.807) is 13.8 Å². The van der Waals surface area contributed by atoms with Gasteiger partial charge in [0.15, 0.2) is 0 Å². The number of aliphatic imine (C=N–C) groups is 1. The lowest BCUT2D eigenvalue weighted by atomic mass is 9.98. The molecule has 2 aliphatic heterocycles. The van der Waals surface area contributed by atoms with Crippen LogP contribution in [0.4, 0.5) is 0 Å². The first kappa shape index (κ1) is 30.5. The van der Waals surface area contributed by atoms with E-state index in [9.17, 15) is 24.3 Å². The molecule has 210 valence electrons. The largest absolute Gasteiger partial charge is 0.480 e. The second-order valence-electron chi connectivity index (χ2n) is 11.3. The highest BCUT2D eigenvalue weighted by Crippen LogP contribution is 2.27. The van der Waals surface area contributed by atoms with Crippen LogP contribution in [0.3, 0.4) is 0 Å². The minimum absolute atomic E-state index is 0.0342. The number of amidine groups is 1. The summed E-state index contributed by atoms with van der Waals surface area (Å²) in [5.74, 6) is -1.77. The Morgan fingerprint density at radius 3 is 2.46 bits per heavy atom. The molecule has 2 heterocycles. The van der Waals surface area contributed by atoms with Gasteiger partial charge < -0.3 is 32.1 Å². The fourth-order valence-electron chi connectivity index (χ4n) is 4.84. The Kier molecular flexibility index (Phi) is 10.9. The van der Waals surface area contributed by atoms with Gasteiger partial charge in [-0.1, -0.05) is 13.8 Å². The summed E-state index contributed by atoms with van der Waals surface area (Å²) >= 11 is 0. The third-order valence-electron chi connectivity index (χ3n) is 6.55. The van der Waals surface area contributed by atoms with E-state index in [1.807, 2.05) is 27.7 Å². The molecule has 0 aromatic carbocycles. The lowest BCUT2D eigenvalue weighted by molar-refractivity contribution is -0.142. The van der Waals surface area contributed by atoms with Gasteiger partial charge in [-0.05, 0) is 72.4 Å². The Morgan fingerprint density at radius 2 is 1.89 bits per heavy atom. The molecule has 0 aromatic rings. The van der Waals surface area contributed by atoms with E-state index in [4.69, 9.17) is 5.73 Å². The second kappa shape index (κ2) is 13.2. The van der Waals surface area contributed by atoms with Crippen molar-refractivity contribution in [3.63, 3.8) is 0 Å². The molecule has 0 radical (unpaired) electrons. The lowest BCUT2D eigenvalue weighted by Crippen LogP contribution is -2.67. The number of rotatable bonds is 11. The molecule has 0 aromatic heterocycles. The van der Waals surface area contributed by atoms with Crippen molar-refractivity contribution >= 4 is 29.5 Å². The van der Waals surface area contributed by atoms with E-state index in [0.717, 1.165) is 19.4 Å². The molecule has 2 fully saturated rings. The van der Waals surface area contributed by atoms with Gasteiger partial charge in [-0.15, -0.1) is 0 Å². The van der Waals surface area contributed by atoms with Crippen LogP contribution in [-0.2, 0) is 19.2 Å². The molecule has 12 heteroatoms. The standard InChI is InChI=1S/C25H45N7O5/c1-14(2)19(22(34)29-16(24(36)37)9-7-11-26)30-18(33)13-27-21-17-10-8-12-32(17)20(15(3)28-21)23(35)31-25(4,5)6/h14-17,19-20H,7-13,26H2,1-6H3,(H,27,28)(H,29,34)(H,30,33)(H,31,35)(H,36,37)/t15-,16+,17+,19-,20-/m0/s1. The van der Waals surface area contributed by atoms with Gasteiger partial charge in [0, 0.05) is 11.6 Å². The zero-order chi connectivity index (χ0) is 27.9. The lowest BCUT2D eigenvalue weighted by Gasteiger charge is -2.43. The van der Waals surface area contributed by atoms with Gasteiger partial charge in [0.1, 0.15) is 30.5 Å². The van der Waals surface area contributed by atoms with Crippen molar-refractivity contribution in [1.29, 1.82) is 0 Å². The van der Waals surface area contributed by atoms with Crippen molar-refractivity contribution in [2.75, 3.05) is 19.6 Å². The average Bonchev–Trinajstić information content (AvgIpc) is 3.26. The number of fused-ring (bicyclic) bond motifs is 1. The van der Waals surface area contributed by atoms with E-state index in [2.05, 4.69) is 31.2 Å². The van der Waals surface area contributed by atoms with Crippen LogP contribution >= 0.6 is 0 Å². The highest BCUT2D eigenvalue weighted by molar-refractivity contribution is 5.95. The molecule has 3 amide bonds. The van der Waals surface area contributed by atoms with Gasteiger partial charge in [-0.3, -0.25) is 24.3 Å². The van der Waals surface area contributed by atoms with E-state index in [-0.39, 0.29) is 48.5 Å². The zero-order valence-corrected chi connectivity index (χ0v) is 23.0. The second-order valence-corrected chi connectivity index (χ2v) is 11.3. The molecule has 0 saturated carbocycles. The first-order valence-electron chi connectivity index (χ1n) is 13.2. The van der Waals surface area contributed by atoms with Crippen LogP contribution in [-0.4, -0.2) is 94.9 Å². The smallest absolute Gasteiger partial charge is 0.326 e. The normalized spacial score (nSPS) is 24.6. The molecule has 2 rings (SSSR count). The number of carboxylic acids is 1. The Balaban J connectivity index is 2.05. The topological polar surface area (TPSA) is 178 Å². The minimum Gasteiger partial charge on any atom is -0.480 e. The number of nitrogens with two attached hydrogens (primary N) is 1. The average molecular weight is 524 g/mol. The maximum atomic E-state index is 13.0. The Morgan fingerprint density at radius 1 is 1.22 bits per heavy atom. The number of carbonyl (C=O) groups excluding carboxylic acids is 3. The summed E-state index contributed by atoms with van der Waals surface area (Å²) in [6, 6.07) is -2.59. The molecule has 0 bridgehead atoms. The van der Waals surface area contributed by atoms with Crippen molar-refractivity contribution in [2.24, 2.45) is 16.6 Å². The number of amides is 3. The van der Waals surface area contributed by atoms with Gasteiger partial charge in [0.05, 0.1) is 6.04 Å². The van der Waals surface area contributed by atoms with Crippen molar-refractivity contribution in [3.8, 4) is 0 Å². The fraction of sp³-hybridized carbons (Fsp3) is 0.800. The maximum absolute atomic E-state index is 13.0. The molecule has 2 saturated heterocycles. The van der Waals surface area contributed by atoms with Crippen molar-refractivity contribution in [3.05, 3.63) is 0 Å². The first-order valence-corrected chi connectivity index (χ1v) is 13.2. The number of hydrogen-bond acceptors (Lipinski definition) is 7. The summed E-state index contributed by atoms with van der Waals surface area (Å²) in [4.78, 5) is 56.7. The number of aliphatic carboxylic acids is 1. The van der Waals surface area contributed by atoms with E-state index in [1.165, 1.54) is 0 Å². The Labute approximate surface area is 219 Å². The van der Waals surface area contributed by atoms with Crippen molar-refractivity contribution in [2.45, 2.75) is 103 Å². The van der Waals surface area contributed by atoms with Crippen LogP contribution in [0, 0.1) is 5.92 Å². The zero-order valence-electron chi connectivity index (χ0n) is 23.0. The number of nitrogens with zero attached hydrogens (tertiary/aromatic N) is 2. The molecule has 12 nitrogen and oxygen atoms in total. The van der Waals surface area contributed by atoms with Crippen LogP contribution in [0.25, 0.3) is 0 Å². The summed E-state index contributed by atoms with van der Waals surface area (Å²) in [5, 5.41) is 21.0. The molecule has 5 atom stereocenters. The van der Waals surface area contributed by atoms with Gasteiger partial charge in [-0.25, -0.2) is 4.79 Å².